The van der Waals surface area contributed by atoms with E-state index in [1.807, 2.05) is 12.1 Å². The molecule has 1 rings (SSSR count). The third-order valence-electron chi connectivity index (χ3n) is 1.21. The third kappa shape index (κ3) is 1.64. The standard InChI is InChI=1S/C8H8ClO/c1-10-8-4-2-3-7(5-8)6-9/h2,4-5H,6H2,1H3. The number of ether oxygens (including phenoxy) is 1. The lowest BCUT2D eigenvalue weighted by atomic mass is 10.2. The molecule has 1 nitrogen and oxygen atoms in total. The molecule has 53 valence electrons. The second-order valence-electron chi connectivity index (χ2n) is 1.89. The Labute approximate surface area is 65.6 Å². The third-order valence-corrected chi connectivity index (χ3v) is 1.50. The highest BCUT2D eigenvalue weighted by Gasteiger charge is 1.92. The summed E-state index contributed by atoms with van der Waals surface area (Å²) in [6.45, 7) is 0. The Bertz CT molecular complexity index is 191. The van der Waals surface area contributed by atoms with Gasteiger partial charge in [0, 0.05) is 5.88 Å². The Hall–Kier alpha value is -0.690. The predicted octanol–water partition coefficient (Wildman–Crippen LogP) is 2.23. The fourth-order valence-electron chi connectivity index (χ4n) is 0.696. The van der Waals surface area contributed by atoms with Crippen molar-refractivity contribution >= 4 is 11.6 Å². The first-order chi connectivity index (χ1) is 4.86. The monoisotopic (exact) mass is 155 g/mol. The molecule has 0 N–H and O–H groups in total. The average molecular weight is 156 g/mol. The van der Waals surface area contributed by atoms with Crippen molar-refractivity contribution in [2.24, 2.45) is 0 Å². The number of hydrogen-bond acceptors (Lipinski definition) is 1. The van der Waals surface area contributed by atoms with E-state index >= 15 is 0 Å². The second kappa shape index (κ2) is 3.47. The van der Waals surface area contributed by atoms with Gasteiger partial charge in [-0.15, -0.1) is 11.6 Å². The summed E-state index contributed by atoms with van der Waals surface area (Å²) in [5.41, 5.74) is 0.959. The van der Waals surface area contributed by atoms with E-state index in [4.69, 9.17) is 16.3 Å². The van der Waals surface area contributed by atoms with Crippen LogP contribution in [0, 0.1) is 6.07 Å². The lowest BCUT2D eigenvalue weighted by Gasteiger charge is -1.99. The largest absolute Gasteiger partial charge is 0.497 e. The van der Waals surface area contributed by atoms with E-state index in [-0.39, 0.29) is 0 Å². The van der Waals surface area contributed by atoms with Gasteiger partial charge in [0.25, 0.3) is 0 Å². The molecule has 10 heavy (non-hydrogen) atoms. The molecule has 0 spiro atoms. The molecular formula is C8H8ClO. The quantitative estimate of drug-likeness (QED) is 0.596. The molecule has 0 fully saturated rings. The van der Waals surface area contributed by atoms with Crippen molar-refractivity contribution in [2.75, 3.05) is 7.11 Å². The second-order valence-corrected chi connectivity index (χ2v) is 2.15. The molecule has 0 aliphatic heterocycles. The van der Waals surface area contributed by atoms with E-state index in [1.54, 1.807) is 13.2 Å². The normalized spacial score (nSPS) is 9.40. The molecular weight excluding hydrogens is 148 g/mol. The number of halogens is 1. The fourth-order valence-corrected chi connectivity index (χ4v) is 0.851. The van der Waals surface area contributed by atoms with Crippen LogP contribution >= 0.6 is 11.6 Å². The molecule has 2 heteroatoms. The first kappa shape index (κ1) is 7.42. The zero-order valence-corrected chi connectivity index (χ0v) is 6.48. The van der Waals surface area contributed by atoms with Crippen LogP contribution in [0.4, 0.5) is 0 Å². The topological polar surface area (TPSA) is 9.23 Å². The van der Waals surface area contributed by atoms with E-state index in [9.17, 15) is 0 Å². The van der Waals surface area contributed by atoms with Crippen LogP contribution in [0.15, 0.2) is 18.2 Å². The Morgan fingerprint density at radius 3 is 3.10 bits per heavy atom. The van der Waals surface area contributed by atoms with Crippen molar-refractivity contribution in [2.45, 2.75) is 5.88 Å². The highest BCUT2D eigenvalue weighted by atomic mass is 35.5. The van der Waals surface area contributed by atoms with Crippen molar-refractivity contribution in [1.82, 2.24) is 0 Å². The van der Waals surface area contributed by atoms with Crippen molar-refractivity contribution in [3.8, 4) is 5.75 Å². The molecule has 0 bridgehead atoms. The highest BCUT2D eigenvalue weighted by Crippen LogP contribution is 2.12. The van der Waals surface area contributed by atoms with Crippen LogP contribution in [0.2, 0.25) is 0 Å². The Morgan fingerprint density at radius 2 is 2.50 bits per heavy atom. The van der Waals surface area contributed by atoms with Gasteiger partial charge >= 0.3 is 0 Å². The summed E-state index contributed by atoms with van der Waals surface area (Å²) in [4.78, 5) is 0. The Morgan fingerprint density at radius 1 is 1.70 bits per heavy atom. The first-order valence-corrected chi connectivity index (χ1v) is 3.51. The summed E-state index contributed by atoms with van der Waals surface area (Å²) in [6.07, 6.45) is 0. The zero-order chi connectivity index (χ0) is 7.40. The minimum atomic E-state index is 0.483. The van der Waals surface area contributed by atoms with E-state index in [0.717, 1.165) is 11.3 Å². The zero-order valence-electron chi connectivity index (χ0n) is 5.73. The van der Waals surface area contributed by atoms with Gasteiger partial charge in [0.15, 0.2) is 0 Å². The Kier molecular flexibility index (Phi) is 2.57. The summed E-state index contributed by atoms with van der Waals surface area (Å²) in [7, 11) is 1.63. The molecule has 0 unspecified atom stereocenters. The van der Waals surface area contributed by atoms with Crippen LogP contribution in [0.3, 0.4) is 0 Å². The van der Waals surface area contributed by atoms with Crippen LogP contribution in [-0.2, 0) is 5.88 Å². The average Bonchev–Trinajstić information content (AvgIpc) is 2.05. The van der Waals surface area contributed by atoms with Gasteiger partial charge < -0.3 is 4.74 Å². The maximum atomic E-state index is 5.57. The molecule has 1 radical (unpaired) electrons. The van der Waals surface area contributed by atoms with E-state index < -0.39 is 0 Å². The summed E-state index contributed by atoms with van der Waals surface area (Å²) in [6, 6.07) is 8.49. The van der Waals surface area contributed by atoms with E-state index in [1.165, 1.54) is 0 Å². The SMILES string of the molecule is COc1cc[c]c(CCl)c1. The minimum absolute atomic E-state index is 0.483. The fraction of sp³-hybridized carbons (Fsp3) is 0.250. The number of benzene rings is 1. The molecule has 0 atom stereocenters. The summed E-state index contributed by atoms with van der Waals surface area (Å²) in [5.74, 6) is 1.31. The smallest absolute Gasteiger partial charge is 0.119 e. The van der Waals surface area contributed by atoms with Gasteiger partial charge in [-0.05, 0) is 23.8 Å². The maximum Gasteiger partial charge on any atom is 0.119 e. The molecule has 0 aliphatic rings. The summed E-state index contributed by atoms with van der Waals surface area (Å²) < 4.78 is 4.98. The van der Waals surface area contributed by atoms with Crippen molar-refractivity contribution in [3.05, 3.63) is 29.8 Å². The van der Waals surface area contributed by atoms with E-state index in [0.29, 0.717) is 5.88 Å². The minimum Gasteiger partial charge on any atom is -0.497 e. The van der Waals surface area contributed by atoms with Gasteiger partial charge in [-0.2, -0.15) is 0 Å². The van der Waals surface area contributed by atoms with Crippen molar-refractivity contribution < 1.29 is 4.74 Å². The van der Waals surface area contributed by atoms with Crippen LogP contribution < -0.4 is 4.74 Å². The lowest BCUT2D eigenvalue weighted by Crippen LogP contribution is -1.83. The van der Waals surface area contributed by atoms with Crippen LogP contribution in [0.1, 0.15) is 5.56 Å². The van der Waals surface area contributed by atoms with Crippen molar-refractivity contribution in [1.29, 1.82) is 0 Å². The van der Waals surface area contributed by atoms with Gasteiger partial charge in [-0.25, -0.2) is 0 Å². The number of methoxy groups -OCH3 is 1. The molecule has 0 saturated carbocycles. The summed E-state index contributed by atoms with van der Waals surface area (Å²) in [5, 5.41) is 0. The molecule has 0 aromatic heterocycles. The van der Waals surface area contributed by atoms with Gasteiger partial charge in [-0.1, -0.05) is 6.07 Å². The predicted molar refractivity (Wildman–Crippen MR) is 41.4 cm³/mol. The number of hydrogen-bond donors (Lipinski definition) is 0. The van der Waals surface area contributed by atoms with Crippen LogP contribution in [0.25, 0.3) is 0 Å². The van der Waals surface area contributed by atoms with Gasteiger partial charge in [0.05, 0.1) is 7.11 Å². The molecule has 0 aliphatic carbocycles. The molecule has 1 aromatic carbocycles. The number of alkyl halides is 1. The van der Waals surface area contributed by atoms with Crippen LogP contribution in [-0.4, -0.2) is 7.11 Å². The molecule has 0 heterocycles. The van der Waals surface area contributed by atoms with E-state index in [2.05, 4.69) is 6.07 Å². The number of rotatable bonds is 2. The van der Waals surface area contributed by atoms with Gasteiger partial charge in [0.2, 0.25) is 0 Å². The molecule has 0 saturated heterocycles. The maximum absolute atomic E-state index is 5.57. The lowest BCUT2D eigenvalue weighted by molar-refractivity contribution is 0.414. The van der Waals surface area contributed by atoms with Crippen LogP contribution in [0.5, 0.6) is 5.75 Å². The molecule has 1 aromatic rings. The van der Waals surface area contributed by atoms with Crippen molar-refractivity contribution in [3.63, 3.8) is 0 Å². The first-order valence-electron chi connectivity index (χ1n) is 2.97. The van der Waals surface area contributed by atoms with Gasteiger partial charge in [0.1, 0.15) is 5.75 Å². The Balaban J connectivity index is 2.87. The van der Waals surface area contributed by atoms with Gasteiger partial charge in [-0.3, -0.25) is 0 Å². The highest BCUT2D eigenvalue weighted by molar-refractivity contribution is 6.17. The molecule has 0 amide bonds. The summed E-state index contributed by atoms with van der Waals surface area (Å²) >= 11 is 5.57.